The van der Waals surface area contributed by atoms with Gasteiger partial charge in [0, 0.05) is 24.1 Å². The molecule has 2 saturated heterocycles. The number of carbonyl (C=O) groups excluding carboxylic acids is 2. The second-order valence-corrected chi connectivity index (χ2v) is 12.6. The number of carboxylic acid groups (broad SMARTS) is 2. The Labute approximate surface area is 235 Å². The number of nitrogens with one attached hydrogen (secondary N) is 1. The number of β-lactam (4-membered cyclic amide) rings is 1. The first-order chi connectivity index (χ1) is 18.1. The van der Waals surface area contributed by atoms with Crippen molar-refractivity contribution in [3.63, 3.8) is 0 Å². The minimum Gasteiger partial charge on any atom is -0.481 e. The highest BCUT2D eigenvalue weighted by atomic mass is 35.5. The molecule has 0 radical (unpaired) electrons. The number of anilines is 1. The molecule has 0 aromatic carbocycles. The molecule has 2 unspecified atom stereocenters. The predicted molar refractivity (Wildman–Crippen MR) is 141 cm³/mol. The van der Waals surface area contributed by atoms with Crippen molar-refractivity contribution < 1.29 is 34.2 Å². The van der Waals surface area contributed by atoms with E-state index in [2.05, 4.69) is 25.7 Å². The van der Waals surface area contributed by atoms with Crippen LogP contribution < -0.4 is 11.1 Å². The maximum absolute atomic E-state index is 13.1. The molecule has 2 amide bonds. The number of halogens is 1. The summed E-state index contributed by atoms with van der Waals surface area (Å²) in [4.78, 5) is 59.3. The standard InChI is InChI=1S/C19H18ClN7O7S4/c20-12-9(24-17(21)38-12)10(26-34-3-1-2-8(28)29)13(30)23-11-14(31)27-4-19(16(32)33,5-35-15(11)27)6-36-18-25-22-7-37-18/h1-2,7,11,15H,3-6H2,(H2,21,24)(H,23,30)(H,28,29)(H,32,33)/t11?,15-,19?/m1/s1. The second kappa shape index (κ2) is 11.9. The Hall–Kier alpha value is -2.93. The minimum absolute atomic E-state index is 0.0224. The number of nitrogens with zero attached hydrogens (tertiary/aromatic N) is 5. The van der Waals surface area contributed by atoms with E-state index in [0.29, 0.717) is 4.34 Å². The van der Waals surface area contributed by atoms with Gasteiger partial charge in [-0.1, -0.05) is 51.2 Å². The summed E-state index contributed by atoms with van der Waals surface area (Å²) < 4.78 is 0.695. The molecular weight excluding hydrogens is 602 g/mol. The van der Waals surface area contributed by atoms with Gasteiger partial charge in [-0.05, 0) is 6.08 Å². The van der Waals surface area contributed by atoms with Crippen LogP contribution in [0.25, 0.3) is 0 Å². The summed E-state index contributed by atoms with van der Waals surface area (Å²) in [5.74, 6) is -3.07. The lowest BCUT2D eigenvalue weighted by atomic mass is 9.89. The number of nitrogens with two attached hydrogens (primary N) is 1. The van der Waals surface area contributed by atoms with E-state index in [4.69, 9.17) is 27.3 Å². The Morgan fingerprint density at radius 3 is 2.84 bits per heavy atom. The number of carbonyl (C=O) groups is 4. The van der Waals surface area contributed by atoms with Gasteiger partial charge in [0.2, 0.25) is 5.91 Å². The Morgan fingerprint density at radius 1 is 1.42 bits per heavy atom. The Kier molecular flexibility index (Phi) is 8.76. The Morgan fingerprint density at radius 2 is 2.21 bits per heavy atom. The monoisotopic (exact) mass is 619 g/mol. The van der Waals surface area contributed by atoms with Gasteiger partial charge in [-0.25, -0.2) is 9.78 Å². The van der Waals surface area contributed by atoms with Crippen LogP contribution in [0, 0.1) is 5.41 Å². The molecule has 3 atom stereocenters. The van der Waals surface area contributed by atoms with Crippen LogP contribution in [0.5, 0.6) is 0 Å². The van der Waals surface area contributed by atoms with E-state index < -0.39 is 40.6 Å². The number of aromatic nitrogens is 3. The zero-order valence-corrected chi connectivity index (χ0v) is 23.0. The van der Waals surface area contributed by atoms with Gasteiger partial charge < -0.3 is 31.0 Å². The normalized spacial score (nSPS) is 23.1. The van der Waals surface area contributed by atoms with Crippen LogP contribution in [0.1, 0.15) is 5.69 Å². The van der Waals surface area contributed by atoms with Crippen molar-refractivity contribution in [3.8, 4) is 0 Å². The highest BCUT2D eigenvalue weighted by Crippen LogP contribution is 2.44. The van der Waals surface area contributed by atoms with Gasteiger partial charge in [0.25, 0.3) is 5.91 Å². The first-order valence-corrected chi connectivity index (χ1v) is 14.6. The first-order valence-electron chi connectivity index (χ1n) is 10.5. The largest absolute Gasteiger partial charge is 0.481 e. The molecule has 14 nitrogen and oxygen atoms in total. The quantitative estimate of drug-likeness (QED) is 0.0687. The lowest BCUT2D eigenvalue weighted by Gasteiger charge is -2.53. The van der Waals surface area contributed by atoms with Gasteiger partial charge in [0.1, 0.15) is 39.0 Å². The molecule has 2 fully saturated rings. The fourth-order valence-electron chi connectivity index (χ4n) is 3.49. The molecule has 2 aromatic heterocycles. The molecule has 38 heavy (non-hydrogen) atoms. The van der Waals surface area contributed by atoms with Crippen LogP contribution in [0.15, 0.2) is 27.2 Å². The molecule has 0 aliphatic carbocycles. The number of aliphatic carboxylic acids is 2. The molecule has 202 valence electrons. The number of oxime groups is 1. The molecule has 0 saturated carbocycles. The number of amides is 2. The zero-order valence-electron chi connectivity index (χ0n) is 19.0. The van der Waals surface area contributed by atoms with Crippen molar-refractivity contribution >= 4 is 92.4 Å². The van der Waals surface area contributed by atoms with E-state index in [1.165, 1.54) is 45.8 Å². The number of thioether (sulfide) groups is 2. The van der Waals surface area contributed by atoms with Crippen molar-refractivity contribution in [3.05, 3.63) is 27.7 Å². The van der Waals surface area contributed by atoms with Gasteiger partial charge >= 0.3 is 11.9 Å². The third kappa shape index (κ3) is 6.04. The molecule has 19 heteroatoms. The molecule has 0 bridgehead atoms. The van der Waals surface area contributed by atoms with Crippen LogP contribution in [0.4, 0.5) is 5.13 Å². The van der Waals surface area contributed by atoms with Crippen molar-refractivity contribution in [2.75, 3.05) is 30.4 Å². The van der Waals surface area contributed by atoms with E-state index in [1.54, 1.807) is 5.51 Å². The number of thiazole rings is 1. The van der Waals surface area contributed by atoms with E-state index in [0.717, 1.165) is 17.4 Å². The average Bonchev–Trinajstić information content (AvgIpc) is 3.51. The van der Waals surface area contributed by atoms with Crippen molar-refractivity contribution in [2.45, 2.75) is 15.8 Å². The molecule has 4 heterocycles. The fourth-order valence-corrected chi connectivity index (χ4v) is 7.77. The molecular formula is C19H18ClN7O7S4. The topological polar surface area (TPSA) is 210 Å². The lowest BCUT2D eigenvalue weighted by molar-refractivity contribution is -0.157. The third-order valence-corrected chi connectivity index (χ3v) is 10.1. The number of hydrogen-bond acceptors (Lipinski definition) is 14. The Bertz CT molecular complexity index is 1300. The average molecular weight is 620 g/mol. The minimum atomic E-state index is -1.20. The number of nitrogen functional groups attached to an aromatic ring is 1. The van der Waals surface area contributed by atoms with Gasteiger partial charge in [-0.15, -0.1) is 22.0 Å². The number of rotatable bonds is 11. The van der Waals surface area contributed by atoms with E-state index in [-0.39, 0.29) is 45.5 Å². The van der Waals surface area contributed by atoms with Crippen molar-refractivity contribution in [1.82, 2.24) is 25.4 Å². The SMILES string of the molecule is Nc1nc(C(=NOCC=CC(=O)O)C(=O)NC2C(=O)N3CC(CSc4nncs4)(C(=O)O)CS[C@H]23)c(Cl)s1. The third-order valence-electron chi connectivity index (χ3n) is 5.33. The molecule has 5 N–H and O–H groups in total. The van der Waals surface area contributed by atoms with Crippen molar-refractivity contribution in [1.29, 1.82) is 0 Å². The van der Waals surface area contributed by atoms with Gasteiger partial charge in [-0.2, -0.15) is 0 Å². The Balaban J connectivity index is 1.44. The molecule has 2 aliphatic rings. The second-order valence-electron chi connectivity index (χ2n) is 7.85. The van der Waals surface area contributed by atoms with Gasteiger partial charge in [0.15, 0.2) is 15.2 Å². The number of carboxylic acids is 2. The molecule has 4 rings (SSSR count). The van der Waals surface area contributed by atoms with E-state index >= 15 is 0 Å². The summed E-state index contributed by atoms with van der Waals surface area (Å²) in [6.45, 7) is -0.285. The van der Waals surface area contributed by atoms with E-state index in [1.807, 2.05) is 0 Å². The summed E-state index contributed by atoms with van der Waals surface area (Å²) in [5.41, 5.74) is 5.62. The summed E-state index contributed by atoms with van der Waals surface area (Å²) in [6.07, 6.45) is 2.01. The summed E-state index contributed by atoms with van der Waals surface area (Å²) in [6, 6.07) is -0.943. The smallest absolute Gasteiger partial charge is 0.328 e. The summed E-state index contributed by atoms with van der Waals surface area (Å²) in [7, 11) is 0. The van der Waals surface area contributed by atoms with Crippen LogP contribution in [0.3, 0.4) is 0 Å². The summed E-state index contributed by atoms with van der Waals surface area (Å²) >= 11 is 10.9. The molecule has 2 aromatic rings. The van der Waals surface area contributed by atoms with E-state index in [9.17, 15) is 24.3 Å². The van der Waals surface area contributed by atoms with Gasteiger partial charge in [0.05, 0.1) is 0 Å². The lowest BCUT2D eigenvalue weighted by Crippen LogP contribution is -2.74. The first kappa shape index (κ1) is 28.1. The molecule has 2 aliphatic heterocycles. The maximum atomic E-state index is 13.1. The number of fused-ring (bicyclic) bond motifs is 1. The van der Waals surface area contributed by atoms with Crippen LogP contribution in [0.2, 0.25) is 4.34 Å². The number of hydrogen-bond donors (Lipinski definition) is 4. The molecule has 0 spiro atoms. The highest BCUT2D eigenvalue weighted by molar-refractivity contribution is 8.01. The maximum Gasteiger partial charge on any atom is 0.328 e. The predicted octanol–water partition coefficient (Wildman–Crippen LogP) is 0.855. The van der Waals surface area contributed by atoms with Crippen molar-refractivity contribution in [2.24, 2.45) is 10.6 Å². The van der Waals surface area contributed by atoms with Crippen LogP contribution >= 0.6 is 57.8 Å². The van der Waals surface area contributed by atoms with Gasteiger partial charge in [-0.3, -0.25) is 14.4 Å². The highest BCUT2D eigenvalue weighted by Gasteiger charge is 2.57. The fraction of sp³-hybridized carbons (Fsp3) is 0.368. The van der Waals surface area contributed by atoms with Crippen LogP contribution in [-0.4, -0.2) is 95.8 Å². The van der Waals surface area contributed by atoms with Crippen LogP contribution in [-0.2, 0) is 24.0 Å². The zero-order chi connectivity index (χ0) is 27.4. The summed E-state index contributed by atoms with van der Waals surface area (Å²) in [5, 5.41) is 32.2.